The Morgan fingerprint density at radius 2 is 2.00 bits per heavy atom. The van der Waals surface area contributed by atoms with Crippen molar-refractivity contribution in [2.45, 2.75) is 31.6 Å². The topological polar surface area (TPSA) is 103 Å². The van der Waals surface area contributed by atoms with Gasteiger partial charge in [0, 0.05) is 50.6 Å². The third-order valence-corrected chi connectivity index (χ3v) is 6.01. The van der Waals surface area contributed by atoms with Crippen LogP contribution >= 0.6 is 0 Å². The second-order valence-electron chi connectivity index (χ2n) is 8.13. The van der Waals surface area contributed by atoms with Gasteiger partial charge >= 0.3 is 0 Å². The summed E-state index contributed by atoms with van der Waals surface area (Å²) >= 11 is 0. The summed E-state index contributed by atoms with van der Waals surface area (Å²) in [6.45, 7) is 0. The number of nitrogen functional groups attached to an aromatic ring is 1. The molecule has 0 bridgehead atoms. The molecule has 1 aliphatic carbocycles. The number of amides is 1. The largest absolute Gasteiger partial charge is 0.453 e. The molecule has 1 fully saturated rings. The molecule has 1 saturated carbocycles. The number of imidazole rings is 1. The lowest BCUT2D eigenvalue weighted by Gasteiger charge is -2.28. The summed E-state index contributed by atoms with van der Waals surface area (Å²) in [6, 6.07) is 5.62. The van der Waals surface area contributed by atoms with Crippen LogP contribution in [0.25, 0.3) is 28.1 Å². The zero-order valence-corrected chi connectivity index (χ0v) is 17.1. The zero-order chi connectivity index (χ0) is 20.8. The summed E-state index contributed by atoms with van der Waals surface area (Å²) in [5, 5.41) is 0. The number of hydrogen-bond acceptors (Lipinski definition) is 6. The minimum atomic E-state index is 0.0927. The minimum Gasteiger partial charge on any atom is -0.453 e. The number of anilines is 1. The van der Waals surface area contributed by atoms with Crippen molar-refractivity contribution in [2.24, 2.45) is 5.92 Å². The molecule has 0 aliphatic heterocycles. The predicted molar refractivity (Wildman–Crippen MR) is 114 cm³/mol. The van der Waals surface area contributed by atoms with Crippen LogP contribution in [-0.2, 0) is 4.79 Å². The first kappa shape index (κ1) is 18.6. The summed E-state index contributed by atoms with van der Waals surface area (Å²) in [5.74, 6) is 2.54. The first-order valence-electron chi connectivity index (χ1n) is 10.2. The molecule has 154 valence electrons. The van der Waals surface area contributed by atoms with Crippen LogP contribution in [0.4, 0.5) is 5.82 Å². The second-order valence-corrected chi connectivity index (χ2v) is 8.13. The molecule has 30 heavy (non-hydrogen) atoms. The number of pyridine rings is 1. The fraction of sp³-hybridized carbons (Fsp3) is 0.364. The van der Waals surface area contributed by atoms with Crippen molar-refractivity contribution in [3.05, 3.63) is 42.6 Å². The molecule has 4 aromatic heterocycles. The molecule has 0 spiro atoms. The van der Waals surface area contributed by atoms with Gasteiger partial charge in [-0.3, -0.25) is 14.2 Å². The maximum atomic E-state index is 12.3. The highest BCUT2D eigenvalue weighted by molar-refractivity contribution is 5.87. The van der Waals surface area contributed by atoms with Crippen LogP contribution in [0.5, 0.6) is 0 Å². The van der Waals surface area contributed by atoms with Gasteiger partial charge < -0.3 is 15.1 Å². The number of furan rings is 1. The molecule has 1 amide bonds. The van der Waals surface area contributed by atoms with Gasteiger partial charge in [0.05, 0.1) is 0 Å². The van der Waals surface area contributed by atoms with Crippen LogP contribution in [0.15, 0.2) is 41.2 Å². The molecular weight excluding hydrogens is 380 g/mol. The second kappa shape index (κ2) is 7.12. The van der Waals surface area contributed by atoms with Gasteiger partial charge in [-0.25, -0.2) is 9.97 Å². The summed E-state index contributed by atoms with van der Waals surface area (Å²) in [5.41, 5.74) is 9.16. The van der Waals surface area contributed by atoms with Gasteiger partial charge in [0.1, 0.15) is 28.4 Å². The summed E-state index contributed by atoms with van der Waals surface area (Å²) in [6.07, 6.45) is 8.87. The van der Waals surface area contributed by atoms with Gasteiger partial charge in [-0.2, -0.15) is 0 Å². The molecule has 8 nitrogen and oxygen atoms in total. The van der Waals surface area contributed by atoms with E-state index < -0.39 is 0 Å². The Hall–Kier alpha value is -3.42. The van der Waals surface area contributed by atoms with Gasteiger partial charge in [-0.15, -0.1) is 0 Å². The Kier molecular flexibility index (Phi) is 4.42. The molecular formula is C22H24N6O2. The van der Waals surface area contributed by atoms with Crippen LogP contribution < -0.4 is 5.73 Å². The molecule has 1 aliphatic rings. The van der Waals surface area contributed by atoms with E-state index in [0.717, 1.165) is 42.5 Å². The quantitative estimate of drug-likeness (QED) is 0.561. The number of fused-ring (bicyclic) bond motifs is 2. The van der Waals surface area contributed by atoms with Crippen LogP contribution in [-0.4, -0.2) is 44.3 Å². The number of rotatable bonds is 3. The first-order chi connectivity index (χ1) is 14.5. The van der Waals surface area contributed by atoms with E-state index in [2.05, 4.69) is 9.97 Å². The van der Waals surface area contributed by atoms with E-state index in [1.165, 1.54) is 0 Å². The molecule has 0 radical (unpaired) electrons. The average Bonchev–Trinajstić information content (AvgIpc) is 3.35. The maximum Gasteiger partial charge on any atom is 0.225 e. The lowest BCUT2D eigenvalue weighted by atomic mass is 9.81. The Labute approximate surface area is 173 Å². The number of nitrogens with two attached hydrogens (primary N) is 1. The number of carbonyl (C=O) groups is 1. The Balaban J connectivity index is 1.54. The van der Waals surface area contributed by atoms with E-state index in [0.29, 0.717) is 22.9 Å². The van der Waals surface area contributed by atoms with Crippen LogP contribution in [0.3, 0.4) is 0 Å². The molecule has 0 aromatic carbocycles. The van der Waals surface area contributed by atoms with E-state index in [4.69, 9.17) is 15.1 Å². The zero-order valence-electron chi connectivity index (χ0n) is 17.1. The smallest absolute Gasteiger partial charge is 0.225 e. The standard InChI is InChI=1S/C22H24N6O2/c1-27(2)22(29)14-7-5-13(6-8-14)21-26-18(19-20(23)25-10-11-28(19)21)17-12-15-16(30-17)4-3-9-24-15/h3-4,9-14H,5-8H2,1-2H3,(H2,23,25)/t13-,14-. The van der Waals surface area contributed by atoms with E-state index >= 15 is 0 Å². The fourth-order valence-electron chi connectivity index (χ4n) is 4.50. The molecule has 5 rings (SSSR count). The first-order valence-corrected chi connectivity index (χ1v) is 10.2. The maximum absolute atomic E-state index is 12.3. The van der Waals surface area contributed by atoms with Crippen molar-refractivity contribution < 1.29 is 9.21 Å². The van der Waals surface area contributed by atoms with Crippen LogP contribution in [0.2, 0.25) is 0 Å². The van der Waals surface area contributed by atoms with Crippen molar-refractivity contribution in [1.82, 2.24) is 24.3 Å². The van der Waals surface area contributed by atoms with E-state index in [-0.39, 0.29) is 17.7 Å². The molecule has 4 heterocycles. The van der Waals surface area contributed by atoms with Gasteiger partial charge in [-0.05, 0) is 37.8 Å². The normalized spacial score (nSPS) is 19.4. The van der Waals surface area contributed by atoms with E-state index in [9.17, 15) is 4.79 Å². The van der Waals surface area contributed by atoms with Crippen molar-refractivity contribution in [2.75, 3.05) is 19.8 Å². The number of carbonyl (C=O) groups excluding carboxylic acids is 1. The average molecular weight is 404 g/mol. The SMILES string of the molecule is CN(C)C(=O)[C@H]1CC[C@H](c2nc(-c3cc4ncccc4o3)c3c(N)nccn32)CC1. The summed E-state index contributed by atoms with van der Waals surface area (Å²) in [7, 11) is 3.64. The molecule has 0 unspecified atom stereocenters. The Morgan fingerprint density at radius 3 is 2.73 bits per heavy atom. The minimum absolute atomic E-state index is 0.0927. The van der Waals surface area contributed by atoms with Gasteiger partial charge in [0.15, 0.2) is 11.3 Å². The predicted octanol–water partition coefficient (Wildman–Crippen LogP) is 3.48. The van der Waals surface area contributed by atoms with Gasteiger partial charge in [0.2, 0.25) is 5.91 Å². The lowest BCUT2D eigenvalue weighted by molar-refractivity contribution is -0.134. The van der Waals surface area contributed by atoms with E-state index in [1.54, 1.807) is 17.3 Å². The van der Waals surface area contributed by atoms with Crippen molar-refractivity contribution in [1.29, 1.82) is 0 Å². The van der Waals surface area contributed by atoms with Gasteiger partial charge in [-0.1, -0.05) is 0 Å². The highest BCUT2D eigenvalue weighted by Gasteiger charge is 2.31. The van der Waals surface area contributed by atoms with Crippen LogP contribution in [0, 0.1) is 5.92 Å². The molecule has 2 N–H and O–H groups in total. The van der Waals surface area contributed by atoms with Crippen LogP contribution in [0.1, 0.15) is 37.4 Å². The van der Waals surface area contributed by atoms with Crippen molar-refractivity contribution >= 4 is 28.3 Å². The lowest BCUT2D eigenvalue weighted by Crippen LogP contribution is -2.32. The van der Waals surface area contributed by atoms with Crippen molar-refractivity contribution in [3.63, 3.8) is 0 Å². The third-order valence-electron chi connectivity index (χ3n) is 6.01. The van der Waals surface area contributed by atoms with Gasteiger partial charge in [0.25, 0.3) is 0 Å². The van der Waals surface area contributed by atoms with E-state index in [1.807, 2.05) is 42.9 Å². The third kappa shape index (κ3) is 2.99. The highest BCUT2D eigenvalue weighted by Crippen LogP contribution is 2.39. The molecule has 8 heteroatoms. The Morgan fingerprint density at radius 1 is 1.20 bits per heavy atom. The molecule has 4 aromatic rings. The monoisotopic (exact) mass is 404 g/mol. The summed E-state index contributed by atoms with van der Waals surface area (Å²) in [4.78, 5) is 27.6. The number of nitrogens with zero attached hydrogens (tertiary/aromatic N) is 5. The highest BCUT2D eigenvalue weighted by atomic mass is 16.3. The molecule has 0 atom stereocenters. The number of aromatic nitrogens is 4. The summed E-state index contributed by atoms with van der Waals surface area (Å²) < 4.78 is 8.05. The van der Waals surface area contributed by atoms with Crippen molar-refractivity contribution in [3.8, 4) is 11.5 Å². The Bertz CT molecular complexity index is 1200. The fourth-order valence-corrected chi connectivity index (χ4v) is 4.50. The number of hydrogen-bond donors (Lipinski definition) is 1. The molecule has 0 saturated heterocycles.